The van der Waals surface area contributed by atoms with Crippen LogP contribution in [0.1, 0.15) is 37.8 Å². The standard InChI is InChI=1S/C18H26FN3O2/c1-11(2)22-7-5-13(6-8-22)17(20)24-18(21)14-10-16(23-4)12(3)9-15(14)19/h9-11,13,20-21H,5-8H2,1-4H3. The van der Waals surface area contributed by atoms with E-state index in [0.717, 1.165) is 25.9 Å². The first-order valence-corrected chi connectivity index (χ1v) is 8.26. The Morgan fingerprint density at radius 1 is 1.25 bits per heavy atom. The fourth-order valence-electron chi connectivity index (χ4n) is 2.97. The SMILES string of the molecule is COc1cc(C(=N)OC(=N)C2CCN(C(C)C)CC2)c(F)cc1C. The Balaban J connectivity index is 2.01. The molecular weight excluding hydrogens is 309 g/mol. The van der Waals surface area contributed by atoms with Gasteiger partial charge in [0.05, 0.1) is 12.7 Å². The molecule has 0 saturated carbocycles. The summed E-state index contributed by atoms with van der Waals surface area (Å²) in [6, 6.07) is 3.26. The van der Waals surface area contributed by atoms with Crippen LogP contribution in [0.15, 0.2) is 12.1 Å². The molecule has 1 heterocycles. The van der Waals surface area contributed by atoms with Crippen molar-refractivity contribution in [3.05, 3.63) is 29.1 Å². The smallest absolute Gasteiger partial charge is 0.223 e. The number of hydrogen-bond acceptors (Lipinski definition) is 5. The lowest BCUT2D eigenvalue weighted by Crippen LogP contribution is -2.40. The fraction of sp³-hybridized carbons (Fsp3) is 0.556. The van der Waals surface area contributed by atoms with E-state index in [4.69, 9.17) is 20.3 Å². The summed E-state index contributed by atoms with van der Waals surface area (Å²) in [5.74, 6) is -0.363. The van der Waals surface area contributed by atoms with Gasteiger partial charge in [-0.2, -0.15) is 0 Å². The van der Waals surface area contributed by atoms with Crippen molar-refractivity contribution in [2.45, 2.75) is 39.7 Å². The number of nitrogens with zero attached hydrogens (tertiary/aromatic N) is 1. The van der Waals surface area contributed by atoms with E-state index >= 15 is 0 Å². The second kappa shape index (κ2) is 7.75. The van der Waals surface area contributed by atoms with Crippen molar-refractivity contribution in [3.63, 3.8) is 0 Å². The molecule has 2 N–H and O–H groups in total. The molecular formula is C18H26FN3O2. The van der Waals surface area contributed by atoms with E-state index in [1.807, 2.05) is 0 Å². The molecule has 0 bridgehead atoms. The Morgan fingerprint density at radius 3 is 2.42 bits per heavy atom. The van der Waals surface area contributed by atoms with Crippen molar-refractivity contribution in [1.82, 2.24) is 4.90 Å². The Kier molecular flexibility index (Phi) is 5.94. The first-order chi connectivity index (χ1) is 11.3. The molecule has 1 aliphatic rings. The maximum Gasteiger partial charge on any atom is 0.223 e. The minimum absolute atomic E-state index is 0.0156. The first kappa shape index (κ1) is 18.4. The molecule has 0 aromatic heterocycles. The molecule has 0 spiro atoms. The quantitative estimate of drug-likeness (QED) is 0.653. The largest absolute Gasteiger partial charge is 0.496 e. The highest BCUT2D eigenvalue weighted by Gasteiger charge is 2.26. The average molecular weight is 335 g/mol. The third kappa shape index (κ3) is 4.12. The molecule has 0 unspecified atom stereocenters. The van der Waals surface area contributed by atoms with Crippen LogP contribution in [0, 0.1) is 29.5 Å². The number of rotatable bonds is 4. The number of piperidine rings is 1. The summed E-state index contributed by atoms with van der Waals surface area (Å²) in [4.78, 5) is 2.36. The highest BCUT2D eigenvalue weighted by molar-refractivity contribution is 6.00. The lowest BCUT2D eigenvalue weighted by atomic mass is 9.96. The van der Waals surface area contributed by atoms with Crippen molar-refractivity contribution in [2.75, 3.05) is 20.2 Å². The zero-order valence-corrected chi connectivity index (χ0v) is 14.8. The molecule has 2 rings (SSSR count). The van der Waals surface area contributed by atoms with Crippen molar-refractivity contribution in [1.29, 1.82) is 10.8 Å². The molecule has 5 nitrogen and oxygen atoms in total. The molecule has 1 aromatic carbocycles. The van der Waals surface area contributed by atoms with Gasteiger partial charge in [-0.3, -0.25) is 10.8 Å². The topological polar surface area (TPSA) is 69.4 Å². The maximum atomic E-state index is 14.1. The highest BCUT2D eigenvalue weighted by atomic mass is 19.1. The van der Waals surface area contributed by atoms with Gasteiger partial charge in [0.25, 0.3) is 0 Å². The van der Waals surface area contributed by atoms with E-state index in [0.29, 0.717) is 17.4 Å². The van der Waals surface area contributed by atoms with Crippen LogP contribution in [-0.2, 0) is 4.74 Å². The van der Waals surface area contributed by atoms with Crippen LogP contribution in [-0.4, -0.2) is 42.9 Å². The molecule has 1 aromatic rings. The van der Waals surface area contributed by atoms with Crippen LogP contribution in [0.5, 0.6) is 5.75 Å². The van der Waals surface area contributed by atoms with Gasteiger partial charge in [0.2, 0.25) is 5.90 Å². The Hall–Kier alpha value is -1.95. The zero-order chi connectivity index (χ0) is 17.9. The summed E-state index contributed by atoms with van der Waals surface area (Å²) in [6.45, 7) is 7.87. The molecule has 0 aliphatic carbocycles. The molecule has 1 aliphatic heterocycles. The first-order valence-electron chi connectivity index (χ1n) is 8.26. The molecule has 1 saturated heterocycles. The van der Waals surface area contributed by atoms with Crippen LogP contribution in [0.2, 0.25) is 0 Å². The van der Waals surface area contributed by atoms with Crippen LogP contribution in [0.25, 0.3) is 0 Å². The van der Waals surface area contributed by atoms with Gasteiger partial charge in [-0.15, -0.1) is 0 Å². The molecule has 6 heteroatoms. The number of likely N-dealkylation sites (tertiary alicyclic amines) is 1. The van der Waals surface area contributed by atoms with Gasteiger partial charge in [-0.05, 0) is 64.4 Å². The number of methoxy groups -OCH3 is 1. The number of ether oxygens (including phenoxy) is 2. The Morgan fingerprint density at radius 2 is 1.88 bits per heavy atom. The zero-order valence-electron chi connectivity index (χ0n) is 14.8. The van der Waals surface area contributed by atoms with Crippen LogP contribution in [0.4, 0.5) is 4.39 Å². The van der Waals surface area contributed by atoms with E-state index in [1.54, 1.807) is 6.92 Å². The third-order valence-corrected chi connectivity index (χ3v) is 4.57. The van der Waals surface area contributed by atoms with Crippen LogP contribution >= 0.6 is 0 Å². The van der Waals surface area contributed by atoms with E-state index in [2.05, 4.69) is 18.7 Å². The molecule has 1 fully saturated rings. The van der Waals surface area contributed by atoms with Gasteiger partial charge < -0.3 is 14.4 Å². The highest BCUT2D eigenvalue weighted by Crippen LogP contribution is 2.24. The summed E-state index contributed by atoms with van der Waals surface area (Å²) in [6.07, 6.45) is 1.65. The predicted octanol–water partition coefficient (Wildman–Crippen LogP) is 3.58. The minimum atomic E-state index is -0.541. The second-order valence-corrected chi connectivity index (χ2v) is 6.50. The number of nitrogens with one attached hydrogen (secondary N) is 2. The van der Waals surface area contributed by atoms with Crippen molar-refractivity contribution >= 4 is 11.8 Å². The van der Waals surface area contributed by atoms with Crippen LogP contribution in [0.3, 0.4) is 0 Å². The van der Waals surface area contributed by atoms with Gasteiger partial charge in [-0.25, -0.2) is 4.39 Å². The van der Waals surface area contributed by atoms with E-state index in [1.165, 1.54) is 19.2 Å². The van der Waals surface area contributed by atoms with Gasteiger partial charge in [0.15, 0.2) is 5.90 Å². The molecule has 24 heavy (non-hydrogen) atoms. The second-order valence-electron chi connectivity index (χ2n) is 6.50. The van der Waals surface area contributed by atoms with Crippen molar-refractivity contribution in [3.8, 4) is 5.75 Å². The number of benzene rings is 1. The number of halogens is 1. The Bertz CT molecular complexity index is 623. The number of aryl methyl sites for hydroxylation is 1. The molecule has 0 radical (unpaired) electrons. The summed E-state index contributed by atoms with van der Waals surface area (Å²) < 4.78 is 24.6. The summed E-state index contributed by atoms with van der Waals surface area (Å²) in [5, 5.41) is 16.1. The van der Waals surface area contributed by atoms with Crippen molar-refractivity contribution in [2.24, 2.45) is 5.92 Å². The molecule has 132 valence electrons. The maximum absolute atomic E-state index is 14.1. The Labute approximate surface area is 142 Å². The predicted molar refractivity (Wildman–Crippen MR) is 92.8 cm³/mol. The van der Waals surface area contributed by atoms with Gasteiger partial charge in [0.1, 0.15) is 11.6 Å². The third-order valence-electron chi connectivity index (χ3n) is 4.57. The number of hydrogen-bond donors (Lipinski definition) is 2. The summed E-state index contributed by atoms with van der Waals surface area (Å²) >= 11 is 0. The lowest BCUT2D eigenvalue weighted by Gasteiger charge is -2.34. The van der Waals surface area contributed by atoms with Crippen LogP contribution < -0.4 is 4.74 Å². The van der Waals surface area contributed by atoms with Crippen molar-refractivity contribution < 1.29 is 13.9 Å². The van der Waals surface area contributed by atoms with Gasteiger partial charge in [-0.1, -0.05) is 0 Å². The molecule has 0 atom stereocenters. The van der Waals surface area contributed by atoms with E-state index in [-0.39, 0.29) is 23.3 Å². The monoisotopic (exact) mass is 335 g/mol. The minimum Gasteiger partial charge on any atom is -0.496 e. The normalized spacial score (nSPS) is 16.2. The van der Waals surface area contributed by atoms with Gasteiger partial charge in [0, 0.05) is 12.0 Å². The lowest BCUT2D eigenvalue weighted by molar-refractivity contribution is 0.163. The van der Waals surface area contributed by atoms with E-state index in [9.17, 15) is 4.39 Å². The van der Waals surface area contributed by atoms with Gasteiger partial charge >= 0.3 is 0 Å². The summed E-state index contributed by atoms with van der Waals surface area (Å²) in [5.41, 5.74) is 0.671. The average Bonchev–Trinajstić information content (AvgIpc) is 2.54. The fourth-order valence-corrected chi connectivity index (χ4v) is 2.97. The van der Waals surface area contributed by atoms with E-state index < -0.39 is 5.82 Å². The molecule has 0 amide bonds. The summed E-state index contributed by atoms with van der Waals surface area (Å²) in [7, 11) is 1.50.